The van der Waals surface area contributed by atoms with Crippen molar-refractivity contribution in [3.8, 4) is 0 Å². The van der Waals surface area contributed by atoms with E-state index in [1.54, 1.807) is 4.52 Å². The Morgan fingerprint density at radius 3 is 3.06 bits per heavy atom. The van der Waals surface area contributed by atoms with Crippen molar-refractivity contribution in [2.75, 3.05) is 24.6 Å². The molecular formula is C10H13N5O. The molecule has 0 bridgehead atoms. The first kappa shape index (κ1) is 9.53. The molecule has 1 saturated heterocycles. The van der Waals surface area contributed by atoms with Crippen molar-refractivity contribution in [2.24, 2.45) is 5.92 Å². The van der Waals surface area contributed by atoms with E-state index in [9.17, 15) is 0 Å². The molecule has 0 aromatic carbocycles. The number of anilines is 1. The van der Waals surface area contributed by atoms with Crippen LogP contribution in [0.4, 0.5) is 5.82 Å². The van der Waals surface area contributed by atoms with Gasteiger partial charge in [0.25, 0.3) is 5.78 Å². The molecule has 1 fully saturated rings. The number of aromatic nitrogens is 4. The predicted molar refractivity (Wildman–Crippen MR) is 58.3 cm³/mol. The molecule has 2 aromatic heterocycles. The highest BCUT2D eigenvalue weighted by atomic mass is 16.3. The first-order chi connectivity index (χ1) is 7.78. The molecule has 0 radical (unpaired) electrons. The van der Waals surface area contributed by atoms with Crippen LogP contribution in [-0.4, -0.2) is 44.4 Å². The molecule has 0 aliphatic carbocycles. The van der Waals surface area contributed by atoms with Crippen LogP contribution in [0.25, 0.3) is 5.78 Å². The van der Waals surface area contributed by atoms with Gasteiger partial charge in [-0.3, -0.25) is 0 Å². The van der Waals surface area contributed by atoms with E-state index in [4.69, 9.17) is 5.11 Å². The van der Waals surface area contributed by atoms with Gasteiger partial charge in [0.2, 0.25) is 0 Å². The molecule has 3 heterocycles. The van der Waals surface area contributed by atoms with E-state index in [-0.39, 0.29) is 6.61 Å². The molecule has 2 aromatic rings. The molecule has 1 N–H and O–H groups in total. The lowest BCUT2D eigenvalue weighted by Crippen LogP contribution is -2.49. The second kappa shape index (κ2) is 3.41. The van der Waals surface area contributed by atoms with E-state index in [0.717, 1.165) is 24.6 Å². The minimum Gasteiger partial charge on any atom is -0.396 e. The van der Waals surface area contributed by atoms with Gasteiger partial charge < -0.3 is 10.0 Å². The summed E-state index contributed by atoms with van der Waals surface area (Å²) in [7, 11) is 0. The van der Waals surface area contributed by atoms with Crippen LogP contribution < -0.4 is 4.90 Å². The maximum Gasteiger partial charge on any atom is 0.254 e. The Morgan fingerprint density at radius 1 is 1.50 bits per heavy atom. The van der Waals surface area contributed by atoms with Gasteiger partial charge in [-0.25, -0.2) is 4.98 Å². The third kappa shape index (κ3) is 1.34. The summed E-state index contributed by atoms with van der Waals surface area (Å²) in [4.78, 5) is 10.6. The number of aliphatic hydroxyl groups excluding tert-OH is 1. The van der Waals surface area contributed by atoms with Crippen molar-refractivity contribution in [2.45, 2.75) is 6.92 Å². The highest BCUT2D eigenvalue weighted by molar-refractivity contribution is 5.49. The van der Waals surface area contributed by atoms with E-state index < -0.39 is 0 Å². The Bertz CT molecular complexity index is 517. The van der Waals surface area contributed by atoms with Crippen LogP contribution in [0.1, 0.15) is 5.69 Å². The van der Waals surface area contributed by atoms with E-state index in [2.05, 4.69) is 20.0 Å². The monoisotopic (exact) mass is 219 g/mol. The van der Waals surface area contributed by atoms with Crippen LogP contribution in [0.2, 0.25) is 0 Å². The van der Waals surface area contributed by atoms with Crippen LogP contribution in [0.5, 0.6) is 0 Å². The van der Waals surface area contributed by atoms with E-state index >= 15 is 0 Å². The lowest BCUT2D eigenvalue weighted by Gasteiger charge is -2.39. The first-order valence-electron chi connectivity index (χ1n) is 5.31. The Balaban J connectivity index is 2.00. The van der Waals surface area contributed by atoms with Crippen molar-refractivity contribution in [3.05, 3.63) is 18.1 Å². The number of aryl methyl sites for hydroxylation is 1. The van der Waals surface area contributed by atoms with Gasteiger partial charge in [-0.1, -0.05) is 0 Å². The molecule has 1 aliphatic heterocycles. The predicted octanol–water partition coefficient (Wildman–Crippen LogP) is -0.139. The molecule has 16 heavy (non-hydrogen) atoms. The molecule has 0 amide bonds. The lowest BCUT2D eigenvalue weighted by molar-refractivity contribution is 0.200. The summed E-state index contributed by atoms with van der Waals surface area (Å²) in [5.41, 5.74) is 0.933. The molecule has 1 aliphatic rings. The average Bonchev–Trinajstić information content (AvgIpc) is 2.63. The third-order valence-electron chi connectivity index (χ3n) is 2.90. The third-order valence-corrected chi connectivity index (χ3v) is 2.90. The standard InChI is InChI=1S/C10H13N5O/c1-7-2-9(14-3-8(4-14)5-16)15-10(13-7)11-6-12-15/h2,6,8,16H,3-5H2,1H3. The van der Waals surface area contributed by atoms with Crippen LogP contribution in [-0.2, 0) is 0 Å². The van der Waals surface area contributed by atoms with Gasteiger partial charge in [-0.05, 0) is 6.92 Å². The fourth-order valence-corrected chi connectivity index (χ4v) is 2.01. The van der Waals surface area contributed by atoms with Crippen molar-refractivity contribution in [1.29, 1.82) is 0 Å². The second-order valence-electron chi connectivity index (χ2n) is 4.18. The van der Waals surface area contributed by atoms with Gasteiger partial charge in [0.15, 0.2) is 0 Å². The smallest absolute Gasteiger partial charge is 0.254 e. The van der Waals surface area contributed by atoms with Crippen LogP contribution in [0.15, 0.2) is 12.4 Å². The molecule has 3 rings (SSSR count). The Morgan fingerprint density at radius 2 is 2.31 bits per heavy atom. The first-order valence-corrected chi connectivity index (χ1v) is 5.31. The van der Waals surface area contributed by atoms with E-state index in [1.165, 1.54) is 6.33 Å². The van der Waals surface area contributed by atoms with Crippen LogP contribution >= 0.6 is 0 Å². The van der Waals surface area contributed by atoms with Crippen LogP contribution in [0.3, 0.4) is 0 Å². The summed E-state index contributed by atoms with van der Waals surface area (Å²) < 4.78 is 1.74. The summed E-state index contributed by atoms with van der Waals surface area (Å²) in [5.74, 6) is 2.01. The summed E-state index contributed by atoms with van der Waals surface area (Å²) in [5, 5.41) is 13.2. The van der Waals surface area contributed by atoms with Gasteiger partial charge in [-0.2, -0.15) is 14.6 Å². The largest absolute Gasteiger partial charge is 0.396 e. The summed E-state index contributed by atoms with van der Waals surface area (Å²) >= 11 is 0. The van der Waals surface area contributed by atoms with Crippen molar-refractivity contribution >= 4 is 11.6 Å². The number of hydrogen-bond acceptors (Lipinski definition) is 5. The molecule has 0 atom stereocenters. The Kier molecular flexibility index (Phi) is 2.03. The maximum absolute atomic E-state index is 9.00. The van der Waals surface area contributed by atoms with Gasteiger partial charge in [0, 0.05) is 37.4 Å². The molecular weight excluding hydrogens is 206 g/mol. The number of rotatable bonds is 2. The summed E-state index contributed by atoms with van der Waals surface area (Å²) in [6, 6.07) is 2.00. The SMILES string of the molecule is Cc1cc(N2CC(CO)C2)n2ncnc2n1. The Labute approximate surface area is 92.5 Å². The number of hydrogen-bond donors (Lipinski definition) is 1. The minimum atomic E-state index is 0.251. The summed E-state index contributed by atoms with van der Waals surface area (Å²) in [6.07, 6.45) is 1.51. The van der Waals surface area contributed by atoms with Crippen molar-refractivity contribution < 1.29 is 5.11 Å². The van der Waals surface area contributed by atoms with Gasteiger partial charge >= 0.3 is 0 Å². The van der Waals surface area contributed by atoms with Crippen molar-refractivity contribution in [3.63, 3.8) is 0 Å². The topological polar surface area (TPSA) is 66.5 Å². The number of nitrogens with zero attached hydrogens (tertiary/aromatic N) is 5. The lowest BCUT2D eigenvalue weighted by atomic mass is 10.0. The second-order valence-corrected chi connectivity index (χ2v) is 4.18. The molecule has 0 saturated carbocycles. The average molecular weight is 219 g/mol. The zero-order valence-corrected chi connectivity index (χ0v) is 9.04. The Hall–Kier alpha value is -1.69. The quantitative estimate of drug-likeness (QED) is 0.761. The highest BCUT2D eigenvalue weighted by Gasteiger charge is 2.28. The van der Waals surface area contributed by atoms with Crippen LogP contribution in [0, 0.1) is 12.8 Å². The highest BCUT2D eigenvalue weighted by Crippen LogP contribution is 2.24. The van der Waals surface area contributed by atoms with Gasteiger partial charge in [0.1, 0.15) is 12.1 Å². The van der Waals surface area contributed by atoms with Gasteiger partial charge in [0.05, 0.1) is 0 Å². The molecule has 6 heteroatoms. The number of fused-ring (bicyclic) bond motifs is 1. The van der Waals surface area contributed by atoms with Crippen molar-refractivity contribution in [1.82, 2.24) is 19.6 Å². The molecule has 0 unspecified atom stereocenters. The molecule has 0 spiro atoms. The number of aliphatic hydroxyl groups is 1. The maximum atomic E-state index is 9.00. The molecule has 6 nitrogen and oxygen atoms in total. The fraction of sp³-hybridized carbons (Fsp3) is 0.500. The molecule has 84 valence electrons. The summed E-state index contributed by atoms with van der Waals surface area (Å²) in [6.45, 7) is 3.94. The normalized spacial score (nSPS) is 16.8. The van der Waals surface area contributed by atoms with E-state index in [0.29, 0.717) is 11.7 Å². The zero-order valence-electron chi connectivity index (χ0n) is 9.04. The van der Waals surface area contributed by atoms with Gasteiger partial charge in [-0.15, -0.1) is 0 Å². The van der Waals surface area contributed by atoms with E-state index in [1.807, 2.05) is 13.0 Å². The minimum absolute atomic E-state index is 0.251. The fourth-order valence-electron chi connectivity index (χ4n) is 2.01. The zero-order chi connectivity index (χ0) is 11.1.